The predicted octanol–water partition coefficient (Wildman–Crippen LogP) is 1.09. The number of aliphatic hydroxyl groups excluding tert-OH is 4. The van der Waals surface area contributed by atoms with Gasteiger partial charge in [-0.3, -0.25) is 9.59 Å². The number of ether oxygens (including phenoxy) is 1. The van der Waals surface area contributed by atoms with Crippen molar-refractivity contribution in [1.82, 2.24) is 10.6 Å². The van der Waals surface area contributed by atoms with E-state index >= 15 is 0 Å². The molecule has 0 saturated carbocycles. The van der Waals surface area contributed by atoms with Gasteiger partial charge >= 0.3 is 0 Å². The Balaban J connectivity index is 1.28. The Labute approximate surface area is 226 Å². The second-order valence-electron chi connectivity index (χ2n) is 10.1. The predicted molar refractivity (Wildman–Crippen MR) is 142 cm³/mol. The van der Waals surface area contributed by atoms with Gasteiger partial charge in [-0.25, -0.2) is 0 Å². The molecule has 9 heteroatoms. The third kappa shape index (κ3) is 5.81. The summed E-state index contributed by atoms with van der Waals surface area (Å²) in [6.07, 6.45) is -6.15. The smallest absolute Gasteiger partial charge is 0.264 e. The monoisotopic (exact) mass is 532 g/mol. The van der Waals surface area contributed by atoms with Crippen LogP contribution >= 0.6 is 0 Å². The van der Waals surface area contributed by atoms with Crippen molar-refractivity contribution in [3.05, 3.63) is 101 Å². The van der Waals surface area contributed by atoms with E-state index in [2.05, 4.69) is 10.6 Å². The van der Waals surface area contributed by atoms with Crippen LogP contribution in [0.15, 0.2) is 78.9 Å². The van der Waals surface area contributed by atoms with Gasteiger partial charge in [0.25, 0.3) is 5.91 Å². The van der Waals surface area contributed by atoms with Gasteiger partial charge in [0.05, 0.1) is 24.3 Å². The average Bonchev–Trinajstić information content (AvgIpc) is 3.42. The fraction of sp³-hybridized carbons (Fsp3) is 0.333. The van der Waals surface area contributed by atoms with Crippen molar-refractivity contribution in [3.63, 3.8) is 0 Å². The highest BCUT2D eigenvalue weighted by Gasteiger charge is 2.39. The van der Waals surface area contributed by atoms with E-state index in [9.17, 15) is 30.0 Å². The minimum absolute atomic E-state index is 0.314. The summed E-state index contributed by atoms with van der Waals surface area (Å²) < 4.78 is 5.82. The van der Waals surface area contributed by atoms with Gasteiger partial charge in [0.1, 0.15) is 18.0 Å². The van der Waals surface area contributed by atoms with Crippen molar-refractivity contribution in [2.45, 2.75) is 61.9 Å². The number of benzene rings is 3. The van der Waals surface area contributed by atoms with Gasteiger partial charge in [0, 0.05) is 19.3 Å². The summed E-state index contributed by atoms with van der Waals surface area (Å²) in [6, 6.07) is 21.8. The van der Waals surface area contributed by atoms with Crippen molar-refractivity contribution >= 4 is 11.8 Å². The molecule has 3 aromatic carbocycles. The number of hydrogen-bond donors (Lipinski definition) is 6. The Morgan fingerprint density at radius 2 is 1.23 bits per heavy atom. The number of carbonyl (C=O) groups excluding carboxylic acids is 2. The van der Waals surface area contributed by atoms with Gasteiger partial charge in [-0.05, 0) is 34.4 Å². The fourth-order valence-electron chi connectivity index (χ4n) is 5.39. The molecule has 9 nitrogen and oxygen atoms in total. The van der Waals surface area contributed by atoms with Crippen LogP contribution in [-0.4, -0.2) is 62.8 Å². The first-order valence-electron chi connectivity index (χ1n) is 13.0. The van der Waals surface area contributed by atoms with E-state index in [1.54, 1.807) is 42.5 Å². The van der Waals surface area contributed by atoms with E-state index in [4.69, 9.17) is 4.74 Å². The molecule has 39 heavy (non-hydrogen) atoms. The highest BCUT2D eigenvalue weighted by atomic mass is 16.5. The summed E-state index contributed by atoms with van der Waals surface area (Å²) in [5.41, 5.74) is 3.37. The van der Waals surface area contributed by atoms with E-state index in [-0.39, 0.29) is 0 Å². The molecule has 0 saturated heterocycles. The first kappa shape index (κ1) is 26.8. The maximum Gasteiger partial charge on any atom is 0.264 e. The SMILES string of the molecule is O=C(NC1c2ccccc2C[C@H]1O)[C@H](O)C[C@@H](O)[C@@H](Oc1ccccc1)C(=O)NC1c2ccccc2C[C@@H]1O. The summed E-state index contributed by atoms with van der Waals surface area (Å²) in [7, 11) is 0. The minimum atomic E-state index is -1.67. The maximum atomic E-state index is 13.4. The Hall–Kier alpha value is -3.76. The van der Waals surface area contributed by atoms with Crippen LogP contribution in [0, 0.1) is 0 Å². The van der Waals surface area contributed by atoms with Crippen molar-refractivity contribution in [2.75, 3.05) is 0 Å². The molecule has 0 aromatic heterocycles. The zero-order chi connectivity index (χ0) is 27.5. The van der Waals surface area contributed by atoms with Gasteiger partial charge in [0.2, 0.25) is 12.0 Å². The number of hydrogen-bond acceptors (Lipinski definition) is 7. The summed E-state index contributed by atoms with van der Waals surface area (Å²) in [6.45, 7) is 0. The molecule has 7 atom stereocenters. The summed E-state index contributed by atoms with van der Waals surface area (Å²) >= 11 is 0. The molecule has 2 aliphatic carbocycles. The standard InChI is InChI=1S/C30H32N2O7/c33-22-14-17-8-4-6-12-20(17)26(22)31-29(37)25(36)16-24(35)28(39-19-10-2-1-3-11-19)30(38)32-27-21-13-7-5-9-18(21)15-23(27)34/h1-13,22-28,33-36H,14-16H2,(H,31,37)(H,32,38)/t22-,23+,24-,25-,26?,27?,28-/m1/s1. The maximum absolute atomic E-state index is 13.4. The fourth-order valence-corrected chi connectivity index (χ4v) is 5.39. The van der Waals surface area contributed by atoms with Crippen molar-refractivity contribution in [2.24, 2.45) is 0 Å². The molecule has 0 heterocycles. The summed E-state index contributed by atoms with van der Waals surface area (Å²) in [5.74, 6) is -1.16. The van der Waals surface area contributed by atoms with E-state index in [1.165, 1.54) is 0 Å². The van der Waals surface area contributed by atoms with Crippen LogP contribution in [0.4, 0.5) is 0 Å². The van der Waals surface area contributed by atoms with E-state index in [0.717, 1.165) is 22.3 Å². The largest absolute Gasteiger partial charge is 0.478 e. The third-order valence-electron chi connectivity index (χ3n) is 7.39. The molecule has 204 valence electrons. The van der Waals surface area contributed by atoms with Crippen LogP contribution in [0.2, 0.25) is 0 Å². The lowest BCUT2D eigenvalue weighted by Crippen LogP contribution is -2.50. The van der Waals surface area contributed by atoms with E-state index < -0.39 is 60.8 Å². The van der Waals surface area contributed by atoms with Crippen LogP contribution < -0.4 is 15.4 Å². The number of carbonyl (C=O) groups is 2. The summed E-state index contributed by atoms with van der Waals surface area (Å²) in [4.78, 5) is 26.2. The number of para-hydroxylation sites is 1. The lowest BCUT2D eigenvalue weighted by molar-refractivity contribution is -0.140. The Kier molecular flexibility index (Phi) is 7.94. The Morgan fingerprint density at radius 1 is 0.744 bits per heavy atom. The molecule has 5 rings (SSSR count). The van der Waals surface area contributed by atoms with Crippen LogP contribution in [0.3, 0.4) is 0 Å². The normalized spacial score (nSPS) is 23.7. The lowest BCUT2D eigenvalue weighted by atomic mass is 10.0. The number of fused-ring (bicyclic) bond motifs is 2. The molecular weight excluding hydrogens is 500 g/mol. The lowest BCUT2D eigenvalue weighted by Gasteiger charge is -2.28. The molecule has 0 radical (unpaired) electrons. The Bertz CT molecular complexity index is 1320. The first-order chi connectivity index (χ1) is 18.8. The van der Waals surface area contributed by atoms with Gasteiger partial charge in [-0.15, -0.1) is 0 Å². The van der Waals surface area contributed by atoms with Crippen molar-refractivity contribution < 1.29 is 34.8 Å². The Morgan fingerprint density at radius 3 is 1.79 bits per heavy atom. The van der Waals surface area contributed by atoms with Crippen LogP contribution in [0.25, 0.3) is 0 Å². The molecule has 0 aliphatic heterocycles. The molecular formula is C30H32N2O7. The number of aliphatic hydroxyl groups is 4. The van der Waals surface area contributed by atoms with Gasteiger partial charge in [-0.2, -0.15) is 0 Å². The molecule has 2 unspecified atom stereocenters. The number of nitrogens with one attached hydrogen (secondary N) is 2. The van der Waals surface area contributed by atoms with E-state index in [1.807, 2.05) is 36.4 Å². The van der Waals surface area contributed by atoms with Crippen LogP contribution in [0.5, 0.6) is 5.75 Å². The number of rotatable bonds is 9. The zero-order valence-electron chi connectivity index (χ0n) is 21.2. The average molecular weight is 533 g/mol. The molecule has 2 amide bonds. The van der Waals surface area contributed by atoms with Gasteiger partial charge in [-0.1, -0.05) is 66.7 Å². The molecule has 0 spiro atoms. The van der Waals surface area contributed by atoms with Crippen molar-refractivity contribution in [1.29, 1.82) is 0 Å². The molecule has 0 fully saturated rings. The number of amides is 2. The zero-order valence-corrected chi connectivity index (χ0v) is 21.2. The van der Waals surface area contributed by atoms with E-state index in [0.29, 0.717) is 18.6 Å². The van der Waals surface area contributed by atoms with Gasteiger partial charge < -0.3 is 35.8 Å². The quantitative estimate of drug-likeness (QED) is 0.242. The first-order valence-corrected chi connectivity index (χ1v) is 13.0. The minimum Gasteiger partial charge on any atom is -0.478 e. The summed E-state index contributed by atoms with van der Waals surface area (Å²) in [5, 5.41) is 48.1. The highest BCUT2D eigenvalue weighted by Crippen LogP contribution is 2.32. The van der Waals surface area contributed by atoms with Crippen LogP contribution in [0.1, 0.15) is 40.8 Å². The van der Waals surface area contributed by atoms with Gasteiger partial charge in [0.15, 0.2) is 0 Å². The topological polar surface area (TPSA) is 148 Å². The van der Waals surface area contributed by atoms with Crippen LogP contribution in [-0.2, 0) is 22.4 Å². The second-order valence-corrected chi connectivity index (χ2v) is 10.1. The molecule has 3 aromatic rings. The molecule has 2 aliphatic rings. The highest BCUT2D eigenvalue weighted by molar-refractivity contribution is 5.84. The molecule has 0 bridgehead atoms. The molecule has 6 N–H and O–H groups in total. The van der Waals surface area contributed by atoms with Crippen molar-refractivity contribution in [3.8, 4) is 5.75 Å². The third-order valence-corrected chi connectivity index (χ3v) is 7.39. The second kappa shape index (κ2) is 11.5.